The fraction of sp³-hybridized carbons (Fsp3) is 0.529. The van der Waals surface area contributed by atoms with Crippen molar-refractivity contribution in [3.8, 4) is 0 Å². The molecule has 8 heteroatoms. The summed E-state index contributed by atoms with van der Waals surface area (Å²) in [5.41, 5.74) is 0.143. The zero-order valence-electron chi connectivity index (χ0n) is 14.0. The number of carbonyl (C=O) groups excluding carboxylic acids is 1. The van der Waals surface area contributed by atoms with Crippen molar-refractivity contribution in [2.75, 3.05) is 6.54 Å². The molecule has 0 bridgehead atoms. The van der Waals surface area contributed by atoms with E-state index in [0.717, 1.165) is 5.01 Å². The van der Waals surface area contributed by atoms with Crippen LogP contribution in [0, 0.1) is 0 Å². The molecule has 0 aliphatic heterocycles. The van der Waals surface area contributed by atoms with E-state index in [1.54, 1.807) is 11.3 Å². The second-order valence-electron chi connectivity index (χ2n) is 6.34. The molecule has 7 nitrogen and oxygen atoms in total. The Kier molecular flexibility index (Phi) is 5.80. The van der Waals surface area contributed by atoms with Crippen LogP contribution in [-0.2, 0) is 17.8 Å². The molecular weight excluding hydrogens is 340 g/mol. The molecule has 2 aromatic rings. The van der Waals surface area contributed by atoms with E-state index >= 15 is 0 Å². The molecule has 1 saturated carbocycles. The zero-order chi connectivity index (χ0) is 17.6. The number of aromatic amines is 1. The number of hydrogen-bond acceptors (Lipinski definition) is 5. The van der Waals surface area contributed by atoms with Crippen LogP contribution in [-0.4, -0.2) is 27.0 Å². The molecule has 2 aromatic heterocycles. The van der Waals surface area contributed by atoms with Crippen LogP contribution < -0.4 is 16.6 Å². The molecule has 0 spiro atoms. The first-order chi connectivity index (χ1) is 12.1. The average molecular weight is 362 g/mol. The Morgan fingerprint density at radius 2 is 2.12 bits per heavy atom. The summed E-state index contributed by atoms with van der Waals surface area (Å²) < 4.78 is 1.17. The van der Waals surface area contributed by atoms with Crippen LogP contribution in [0.4, 0.5) is 0 Å². The maximum atomic E-state index is 11.9. The van der Waals surface area contributed by atoms with Gasteiger partial charge >= 0.3 is 5.69 Å². The van der Waals surface area contributed by atoms with Gasteiger partial charge in [0.15, 0.2) is 0 Å². The Balaban J connectivity index is 1.46. The highest BCUT2D eigenvalue weighted by Crippen LogP contribution is 2.32. The molecule has 2 heterocycles. The third kappa shape index (κ3) is 4.88. The highest BCUT2D eigenvalue weighted by molar-refractivity contribution is 7.09. The maximum Gasteiger partial charge on any atom is 0.328 e. The van der Waals surface area contributed by atoms with Crippen molar-refractivity contribution in [1.29, 1.82) is 0 Å². The number of amides is 1. The van der Waals surface area contributed by atoms with E-state index in [9.17, 15) is 14.4 Å². The minimum absolute atomic E-state index is 0.110. The predicted octanol–water partition coefficient (Wildman–Crippen LogP) is 1.40. The molecule has 0 radical (unpaired) electrons. The van der Waals surface area contributed by atoms with Gasteiger partial charge in [-0.1, -0.05) is 19.3 Å². The third-order valence-electron chi connectivity index (χ3n) is 4.46. The number of H-pyrrole nitrogens is 1. The summed E-state index contributed by atoms with van der Waals surface area (Å²) in [5, 5.41) is 5.96. The van der Waals surface area contributed by atoms with Gasteiger partial charge in [-0.15, -0.1) is 11.3 Å². The Bertz CT molecular complexity index is 833. The van der Waals surface area contributed by atoms with Crippen LogP contribution >= 0.6 is 11.3 Å². The first-order valence-corrected chi connectivity index (χ1v) is 9.50. The van der Waals surface area contributed by atoms with Gasteiger partial charge in [-0.3, -0.25) is 19.1 Å². The molecule has 0 unspecified atom stereocenters. The van der Waals surface area contributed by atoms with Crippen molar-refractivity contribution < 1.29 is 4.79 Å². The van der Waals surface area contributed by atoms with Crippen LogP contribution in [0.3, 0.4) is 0 Å². The molecule has 0 aromatic carbocycles. The van der Waals surface area contributed by atoms with Crippen LogP contribution in [0.2, 0.25) is 0 Å². The number of rotatable bonds is 6. The number of carbonyl (C=O) groups is 1. The molecule has 2 N–H and O–H groups in total. The summed E-state index contributed by atoms with van der Waals surface area (Å²) in [7, 11) is 0. The van der Waals surface area contributed by atoms with Crippen LogP contribution in [0.5, 0.6) is 0 Å². The number of nitrogens with one attached hydrogen (secondary N) is 2. The van der Waals surface area contributed by atoms with Crippen molar-refractivity contribution in [2.24, 2.45) is 0 Å². The van der Waals surface area contributed by atoms with Crippen molar-refractivity contribution in [2.45, 2.75) is 51.0 Å². The van der Waals surface area contributed by atoms with E-state index in [2.05, 4.69) is 15.7 Å². The fourth-order valence-corrected chi connectivity index (χ4v) is 3.99. The lowest BCUT2D eigenvalue weighted by Gasteiger charge is -2.19. The maximum absolute atomic E-state index is 11.9. The summed E-state index contributed by atoms with van der Waals surface area (Å²) in [6.45, 7) is 0.370. The zero-order valence-corrected chi connectivity index (χ0v) is 14.8. The first-order valence-electron chi connectivity index (χ1n) is 8.62. The highest BCUT2D eigenvalue weighted by Gasteiger charge is 2.18. The summed E-state index contributed by atoms with van der Waals surface area (Å²) in [4.78, 5) is 41.3. The van der Waals surface area contributed by atoms with E-state index in [-0.39, 0.29) is 12.5 Å². The summed E-state index contributed by atoms with van der Waals surface area (Å²) in [6.07, 6.45) is 8.37. The van der Waals surface area contributed by atoms with Crippen molar-refractivity contribution in [1.82, 2.24) is 19.9 Å². The molecule has 1 fully saturated rings. The summed E-state index contributed by atoms with van der Waals surface area (Å²) >= 11 is 1.65. The molecule has 134 valence electrons. The SMILES string of the molecule is O=C(Cn1ccc(=O)[nH]c1=O)NCCc1nc(C2CCCCC2)cs1. The minimum atomic E-state index is -0.584. The van der Waals surface area contributed by atoms with Gasteiger partial charge in [0.25, 0.3) is 5.56 Å². The topological polar surface area (TPSA) is 96.9 Å². The van der Waals surface area contributed by atoms with Crippen LogP contribution in [0.1, 0.15) is 48.7 Å². The van der Waals surface area contributed by atoms with Gasteiger partial charge < -0.3 is 5.32 Å². The summed E-state index contributed by atoms with van der Waals surface area (Å²) in [5.74, 6) is 0.332. The van der Waals surface area contributed by atoms with E-state index < -0.39 is 11.2 Å². The molecular formula is C17H22N4O3S. The van der Waals surface area contributed by atoms with E-state index in [4.69, 9.17) is 4.98 Å². The van der Waals surface area contributed by atoms with E-state index in [1.807, 2.05) is 0 Å². The number of hydrogen-bond donors (Lipinski definition) is 2. The molecule has 1 aliphatic rings. The quantitative estimate of drug-likeness (QED) is 0.812. The van der Waals surface area contributed by atoms with Gasteiger partial charge in [0.05, 0.1) is 10.7 Å². The molecule has 0 atom stereocenters. The number of thiazole rings is 1. The average Bonchev–Trinajstić information content (AvgIpc) is 3.07. The standard InChI is InChI=1S/C17H22N4O3S/c22-14-7-9-21(17(24)20-14)10-15(23)18-8-6-16-19-13(11-25-16)12-4-2-1-3-5-12/h7,9,11-12H,1-6,8,10H2,(H,18,23)(H,20,22,24). The molecule has 25 heavy (non-hydrogen) atoms. The van der Waals surface area contributed by atoms with Gasteiger partial charge in [-0.2, -0.15) is 0 Å². The molecule has 1 aliphatic carbocycles. The Morgan fingerprint density at radius 3 is 2.88 bits per heavy atom. The normalized spacial score (nSPS) is 15.2. The van der Waals surface area contributed by atoms with Crippen LogP contribution in [0.15, 0.2) is 27.2 Å². The van der Waals surface area contributed by atoms with E-state index in [0.29, 0.717) is 18.9 Å². The van der Waals surface area contributed by atoms with Gasteiger partial charge in [-0.05, 0) is 12.8 Å². The number of nitrogens with zero attached hydrogens (tertiary/aromatic N) is 2. The first kappa shape index (κ1) is 17.6. The minimum Gasteiger partial charge on any atom is -0.354 e. The van der Waals surface area contributed by atoms with Crippen molar-refractivity contribution >= 4 is 17.2 Å². The second-order valence-corrected chi connectivity index (χ2v) is 7.28. The monoisotopic (exact) mass is 362 g/mol. The largest absolute Gasteiger partial charge is 0.354 e. The lowest BCUT2D eigenvalue weighted by molar-refractivity contribution is -0.121. The Labute approximate surface area is 149 Å². The molecule has 1 amide bonds. The van der Waals surface area contributed by atoms with Gasteiger partial charge in [0.2, 0.25) is 5.91 Å². The molecule has 0 saturated heterocycles. The second kappa shape index (κ2) is 8.24. The smallest absolute Gasteiger partial charge is 0.328 e. The third-order valence-corrected chi connectivity index (χ3v) is 5.39. The number of aromatic nitrogens is 3. The summed E-state index contributed by atoms with van der Waals surface area (Å²) in [6, 6.07) is 1.22. The lowest BCUT2D eigenvalue weighted by Crippen LogP contribution is -2.36. The predicted molar refractivity (Wildman–Crippen MR) is 96.0 cm³/mol. The highest BCUT2D eigenvalue weighted by atomic mass is 32.1. The van der Waals surface area contributed by atoms with E-state index in [1.165, 1.54) is 54.6 Å². The fourth-order valence-electron chi connectivity index (χ4n) is 3.11. The van der Waals surface area contributed by atoms with Gasteiger partial charge in [0.1, 0.15) is 6.54 Å². The lowest BCUT2D eigenvalue weighted by atomic mass is 9.87. The molecule has 3 rings (SSSR count). The van der Waals surface area contributed by atoms with Gasteiger partial charge in [-0.25, -0.2) is 9.78 Å². The van der Waals surface area contributed by atoms with Crippen LogP contribution in [0.25, 0.3) is 0 Å². The van der Waals surface area contributed by atoms with Crippen molar-refractivity contribution in [3.63, 3.8) is 0 Å². The van der Waals surface area contributed by atoms with Crippen molar-refractivity contribution in [3.05, 3.63) is 49.2 Å². The van der Waals surface area contributed by atoms with Gasteiger partial charge in [0, 0.05) is 36.5 Å². The Morgan fingerprint density at radius 1 is 1.32 bits per heavy atom. The Hall–Kier alpha value is -2.22.